The summed E-state index contributed by atoms with van der Waals surface area (Å²) in [6.45, 7) is 1.98. The smallest absolute Gasteiger partial charge is 0.295 e. The van der Waals surface area contributed by atoms with Gasteiger partial charge >= 0.3 is 0 Å². The number of imidazole rings is 1. The quantitative estimate of drug-likeness (QED) is 0.828. The molecule has 0 saturated carbocycles. The molecule has 1 aromatic heterocycles. The van der Waals surface area contributed by atoms with Crippen LogP contribution in [-0.4, -0.2) is 59.9 Å². The molecule has 136 valence electrons. The highest BCUT2D eigenvalue weighted by Crippen LogP contribution is 2.24. The van der Waals surface area contributed by atoms with Crippen molar-refractivity contribution in [3.63, 3.8) is 0 Å². The summed E-state index contributed by atoms with van der Waals surface area (Å²) in [4.78, 5) is 18.6. The fourth-order valence-corrected chi connectivity index (χ4v) is 3.13. The number of ether oxygens (including phenoxy) is 2. The van der Waals surface area contributed by atoms with E-state index in [0.29, 0.717) is 49.4 Å². The minimum Gasteiger partial charge on any atom is -0.385 e. The summed E-state index contributed by atoms with van der Waals surface area (Å²) in [5.74, 6) is -0.445. The average Bonchev–Trinajstić information content (AvgIpc) is 2.96. The highest BCUT2D eigenvalue weighted by molar-refractivity contribution is 5.97. The molecule has 0 aliphatic carbocycles. The van der Waals surface area contributed by atoms with E-state index in [0.717, 1.165) is 0 Å². The Bertz CT molecular complexity index is 763. The first-order valence-electron chi connectivity index (χ1n) is 8.15. The molecule has 0 radical (unpaired) electrons. The standard InChI is InChI=1S/C17H21F2N3O3/c1-21-14-4-3-11(9-13(14)20-16(21)15(18)19)17(23)22-6-8-25-10-12(22)5-7-24-2/h3-4,9,12,15H,5-8,10H2,1-2H3. The Balaban J connectivity index is 1.88. The molecule has 6 nitrogen and oxygen atoms in total. The van der Waals surface area contributed by atoms with Crippen LogP contribution in [0.4, 0.5) is 8.78 Å². The van der Waals surface area contributed by atoms with Crippen molar-refractivity contribution in [1.29, 1.82) is 0 Å². The van der Waals surface area contributed by atoms with Crippen LogP contribution in [0.15, 0.2) is 18.2 Å². The van der Waals surface area contributed by atoms with Crippen LogP contribution < -0.4 is 0 Å². The molecule has 1 aromatic carbocycles. The van der Waals surface area contributed by atoms with Crippen LogP contribution in [0.2, 0.25) is 0 Å². The monoisotopic (exact) mass is 353 g/mol. The van der Waals surface area contributed by atoms with Crippen LogP contribution in [0.5, 0.6) is 0 Å². The number of nitrogens with zero attached hydrogens (tertiary/aromatic N) is 3. The van der Waals surface area contributed by atoms with Gasteiger partial charge in [-0.3, -0.25) is 4.79 Å². The van der Waals surface area contributed by atoms with E-state index in [2.05, 4.69) is 4.98 Å². The molecule has 1 unspecified atom stereocenters. The molecule has 1 fully saturated rings. The van der Waals surface area contributed by atoms with Crippen molar-refractivity contribution in [2.75, 3.05) is 33.5 Å². The number of fused-ring (bicyclic) bond motifs is 1. The minimum absolute atomic E-state index is 0.0581. The number of carbonyl (C=O) groups excluding carboxylic acids is 1. The van der Waals surface area contributed by atoms with Gasteiger partial charge in [0.05, 0.1) is 30.3 Å². The summed E-state index contributed by atoms with van der Waals surface area (Å²) < 4.78 is 37.9. The van der Waals surface area contributed by atoms with Crippen molar-refractivity contribution in [2.45, 2.75) is 18.9 Å². The Morgan fingerprint density at radius 2 is 2.28 bits per heavy atom. The van der Waals surface area contributed by atoms with Gasteiger partial charge < -0.3 is 18.9 Å². The highest BCUT2D eigenvalue weighted by atomic mass is 19.3. The molecule has 0 spiro atoms. The van der Waals surface area contributed by atoms with Crippen molar-refractivity contribution < 1.29 is 23.0 Å². The zero-order valence-electron chi connectivity index (χ0n) is 14.2. The van der Waals surface area contributed by atoms with Crippen molar-refractivity contribution in [3.8, 4) is 0 Å². The summed E-state index contributed by atoms with van der Waals surface area (Å²) in [6, 6.07) is 4.83. The number of amides is 1. The van der Waals surface area contributed by atoms with Crippen LogP contribution in [0, 0.1) is 0 Å². The molecule has 0 bridgehead atoms. The zero-order chi connectivity index (χ0) is 18.0. The number of morpholine rings is 1. The summed E-state index contributed by atoms with van der Waals surface area (Å²) in [7, 11) is 3.16. The van der Waals surface area contributed by atoms with Crippen LogP contribution in [0.3, 0.4) is 0 Å². The van der Waals surface area contributed by atoms with E-state index < -0.39 is 6.43 Å². The number of halogens is 2. The van der Waals surface area contributed by atoms with E-state index in [1.807, 2.05) is 0 Å². The molecule has 2 heterocycles. The Morgan fingerprint density at radius 3 is 3.00 bits per heavy atom. The van der Waals surface area contributed by atoms with E-state index in [-0.39, 0.29) is 17.8 Å². The fourth-order valence-electron chi connectivity index (χ4n) is 3.13. The SMILES string of the molecule is COCCC1COCCN1C(=O)c1ccc2c(c1)nc(C(F)F)n2C. The first-order chi connectivity index (χ1) is 12.0. The number of hydrogen-bond acceptors (Lipinski definition) is 4. The molecular weight excluding hydrogens is 332 g/mol. The van der Waals surface area contributed by atoms with E-state index >= 15 is 0 Å². The van der Waals surface area contributed by atoms with E-state index in [4.69, 9.17) is 9.47 Å². The number of alkyl halides is 2. The van der Waals surface area contributed by atoms with E-state index in [1.54, 1.807) is 37.3 Å². The number of rotatable bonds is 5. The largest absolute Gasteiger partial charge is 0.385 e. The first kappa shape index (κ1) is 17.8. The van der Waals surface area contributed by atoms with Crippen molar-refractivity contribution in [2.24, 2.45) is 7.05 Å². The van der Waals surface area contributed by atoms with Crippen LogP contribution >= 0.6 is 0 Å². The molecule has 1 aliphatic heterocycles. The van der Waals surface area contributed by atoms with Crippen molar-refractivity contribution in [1.82, 2.24) is 14.5 Å². The summed E-state index contributed by atoms with van der Waals surface area (Å²) in [5, 5.41) is 0. The lowest BCUT2D eigenvalue weighted by Crippen LogP contribution is -2.49. The van der Waals surface area contributed by atoms with Gasteiger partial charge in [-0.2, -0.15) is 0 Å². The summed E-state index contributed by atoms with van der Waals surface area (Å²) in [5.41, 5.74) is 1.41. The number of aromatic nitrogens is 2. The van der Waals surface area contributed by atoms with Crippen LogP contribution in [-0.2, 0) is 16.5 Å². The number of aryl methyl sites for hydroxylation is 1. The molecule has 1 atom stereocenters. The van der Waals surface area contributed by atoms with Crippen molar-refractivity contribution >= 4 is 16.9 Å². The van der Waals surface area contributed by atoms with Gasteiger partial charge in [-0.1, -0.05) is 0 Å². The van der Waals surface area contributed by atoms with Gasteiger partial charge in [-0.15, -0.1) is 0 Å². The molecule has 8 heteroatoms. The molecule has 3 rings (SSSR count). The van der Waals surface area contributed by atoms with Gasteiger partial charge in [0.2, 0.25) is 0 Å². The second kappa shape index (κ2) is 7.45. The van der Waals surface area contributed by atoms with Gasteiger partial charge in [0.15, 0.2) is 5.82 Å². The average molecular weight is 353 g/mol. The van der Waals surface area contributed by atoms with Crippen LogP contribution in [0.25, 0.3) is 11.0 Å². The first-order valence-corrected chi connectivity index (χ1v) is 8.15. The Hall–Kier alpha value is -2.06. The molecule has 1 saturated heterocycles. The third-order valence-corrected chi connectivity index (χ3v) is 4.50. The minimum atomic E-state index is -2.66. The topological polar surface area (TPSA) is 56.6 Å². The number of methoxy groups -OCH3 is 1. The van der Waals surface area contributed by atoms with Crippen LogP contribution in [0.1, 0.15) is 29.0 Å². The van der Waals surface area contributed by atoms with E-state index in [9.17, 15) is 13.6 Å². The Labute approximate surface area is 144 Å². The lowest BCUT2D eigenvalue weighted by atomic mass is 10.1. The molecule has 0 N–H and O–H groups in total. The lowest BCUT2D eigenvalue weighted by molar-refractivity contribution is -0.0104. The normalized spacial score (nSPS) is 18.3. The molecular formula is C17H21F2N3O3. The molecule has 1 aliphatic rings. The number of benzene rings is 1. The summed E-state index contributed by atoms with van der Waals surface area (Å²) in [6.07, 6.45) is -1.97. The third-order valence-electron chi connectivity index (χ3n) is 4.50. The fraction of sp³-hybridized carbons (Fsp3) is 0.529. The van der Waals surface area contributed by atoms with Gasteiger partial charge in [0.25, 0.3) is 12.3 Å². The van der Waals surface area contributed by atoms with Gasteiger partial charge in [0, 0.05) is 32.9 Å². The second-order valence-corrected chi connectivity index (χ2v) is 6.04. The predicted molar refractivity (Wildman–Crippen MR) is 87.8 cm³/mol. The molecule has 1 amide bonds. The maximum absolute atomic E-state index is 13.0. The van der Waals surface area contributed by atoms with Gasteiger partial charge in [0.1, 0.15) is 0 Å². The maximum Gasteiger partial charge on any atom is 0.295 e. The second-order valence-electron chi connectivity index (χ2n) is 6.04. The predicted octanol–water partition coefficient (Wildman–Crippen LogP) is 2.39. The lowest BCUT2D eigenvalue weighted by Gasteiger charge is -2.35. The summed E-state index contributed by atoms with van der Waals surface area (Å²) >= 11 is 0. The number of carbonyl (C=O) groups is 1. The third kappa shape index (κ3) is 3.50. The van der Waals surface area contributed by atoms with E-state index in [1.165, 1.54) is 4.57 Å². The molecule has 25 heavy (non-hydrogen) atoms. The number of hydrogen-bond donors (Lipinski definition) is 0. The Kier molecular flexibility index (Phi) is 5.29. The Morgan fingerprint density at radius 1 is 1.48 bits per heavy atom. The molecule has 2 aromatic rings. The zero-order valence-corrected chi connectivity index (χ0v) is 14.2. The van der Waals surface area contributed by atoms with Gasteiger partial charge in [-0.05, 0) is 24.6 Å². The highest BCUT2D eigenvalue weighted by Gasteiger charge is 2.28. The van der Waals surface area contributed by atoms with Gasteiger partial charge in [-0.25, -0.2) is 13.8 Å². The van der Waals surface area contributed by atoms with Crippen molar-refractivity contribution in [3.05, 3.63) is 29.6 Å². The maximum atomic E-state index is 13.0.